The summed E-state index contributed by atoms with van der Waals surface area (Å²) in [4.78, 5) is 0. The van der Waals surface area contributed by atoms with E-state index < -0.39 is 0 Å². The maximum atomic E-state index is 4.89. The average molecular weight is 358 g/mol. The molecule has 8 heteroatoms. The van der Waals surface area contributed by atoms with E-state index in [2.05, 4.69) is 33.2 Å². The van der Waals surface area contributed by atoms with E-state index in [1.165, 1.54) is 0 Å². The zero-order valence-electron chi connectivity index (χ0n) is 15.3. The van der Waals surface area contributed by atoms with E-state index in [0.29, 0.717) is 6.10 Å². The van der Waals surface area contributed by atoms with Crippen molar-refractivity contribution in [2.45, 2.75) is 13.0 Å². The Morgan fingerprint density at radius 1 is 0.680 bits per heavy atom. The van der Waals surface area contributed by atoms with Gasteiger partial charge in [-0.1, -0.05) is 0 Å². The second kappa shape index (κ2) is 11.8. The highest BCUT2D eigenvalue weighted by molar-refractivity contribution is 5.08. The molecule has 0 radical (unpaired) electrons. The Labute approximate surface area is 148 Å². The molecule has 4 heterocycles. The Balaban J connectivity index is 0.000000167. The van der Waals surface area contributed by atoms with E-state index in [-0.39, 0.29) is 0 Å². The van der Waals surface area contributed by atoms with Crippen LogP contribution in [0.3, 0.4) is 0 Å². The van der Waals surface area contributed by atoms with E-state index in [9.17, 15) is 0 Å². The van der Waals surface area contributed by atoms with E-state index in [0.717, 1.165) is 42.9 Å². The van der Waals surface area contributed by atoms with E-state index in [4.69, 9.17) is 4.74 Å². The third-order valence-electron chi connectivity index (χ3n) is 2.57. The lowest BCUT2D eigenvalue weighted by molar-refractivity contribution is 0.327. The van der Waals surface area contributed by atoms with Crippen LogP contribution in [0.25, 0.3) is 0 Å². The predicted molar refractivity (Wildman–Crippen MR) is 88.8 cm³/mol. The van der Waals surface area contributed by atoms with Gasteiger partial charge in [0.2, 0.25) is 0 Å². The van der Waals surface area contributed by atoms with Crippen LogP contribution in [0.4, 0.5) is 0 Å². The summed E-state index contributed by atoms with van der Waals surface area (Å²) in [6, 6.07) is 0. The number of ether oxygens (including phenoxy) is 8. The third-order valence-corrected chi connectivity index (χ3v) is 2.57. The summed E-state index contributed by atoms with van der Waals surface area (Å²) in [5.41, 5.74) is 0. The molecule has 0 saturated carbocycles. The Morgan fingerprint density at radius 3 is 1.04 bits per heavy atom. The minimum Gasteiger partial charge on any atom is -0.501 e. The average Bonchev–Trinajstić information content (AvgIpc) is 3.43. The molecule has 1 unspecified atom stereocenters. The van der Waals surface area contributed by atoms with E-state index in [1.807, 2.05) is 6.92 Å². The molecule has 142 valence electrons. The molecule has 0 spiro atoms. The molecule has 4 fully saturated rings. The Morgan fingerprint density at radius 2 is 0.960 bits per heavy atom. The van der Waals surface area contributed by atoms with Gasteiger partial charge >= 0.3 is 0 Å². The van der Waals surface area contributed by atoms with Crippen molar-refractivity contribution >= 4 is 0 Å². The monoisotopic (exact) mass is 358 g/mol. The van der Waals surface area contributed by atoms with Gasteiger partial charge in [-0.05, 0) is 6.92 Å². The molecule has 1 atom stereocenters. The van der Waals surface area contributed by atoms with Gasteiger partial charge in [-0.25, -0.2) is 0 Å². The summed E-state index contributed by atoms with van der Waals surface area (Å²) in [6.07, 6.45) is 6.71. The highest BCUT2D eigenvalue weighted by atomic mass is 16.6. The molecule has 4 aliphatic heterocycles. The van der Waals surface area contributed by atoms with Gasteiger partial charge in [0.15, 0.2) is 29.1 Å². The van der Waals surface area contributed by atoms with Crippen LogP contribution in [-0.4, -0.2) is 54.4 Å². The minimum atomic E-state index is 0.306. The van der Waals surface area contributed by atoms with Crippen LogP contribution >= 0.6 is 0 Å². The van der Waals surface area contributed by atoms with Crippen molar-refractivity contribution in [1.82, 2.24) is 0 Å². The molecule has 0 aromatic rings. The lowest BCUT2D eigenvalue weighted by atomic mass is 10.5. The SMILES string of the molecule is COC=C1CO1.COC=C1CO1.COC=C1CO1.COC=C1OC1C. The van der Waals surface area contributed by atoms with Crippen LogP contribution in [0.1, 0.15) is 6.92 Å². The van der Waals surface area contributed by atoms with Crippen LogP contribution < -0.4 is 0 Å². The largest absolute Gasteiger partial charge is 0.501 e. The van der Waals surface area contributed by atoms with Crippen molar-refractivity contribution in [2.24, 2.45) is 0 Å². The zero-order valence-corrected chi connectivity index (χ0v) is 15.3. The molecule has 0 aromatic carbocycles. The van der Waals surface area contributed by atoms with Gasteiger partial charge < -0.3 is 37.9 Å². The van der Waals surface area contributed by atoms with Crippen molar-refractivity contribution in [3.05, 3.63) is 48.1 Å². The van der Waals surface area contributed by atoms with Gasteiger partial charge in [0.25, 0.3) is 0 Å². The van der Waals surface area contributed by atoms with E-state index in [1.54, 1.807) is 53.5 Å². The molecular formula is C17H26O8. The van der Waals surface area contributed by atoms with Crippen LogP contribution in [-0.2, 0) is 37.9 Å². The molecule has 4 rings (SSSR count). The first-order valence-electron chi connectivity index (χ1n) is 7.58. The van der Waals surface area contributed by atoms with Crippen molar-refractivity contribution in [3.63, 3.8) is 0 Å². The topological polar surface area (TPSA) is 87.0 Å². The van der Waals surface area contributed by atoms with Gasteiger partial charge in [-0.3, -0.25) is 0 Å². The summed E-state index contributed by atoms with van der Waals surface area (Å²) in [5.74, 6) is 3.77. The van der Waals surface area contributed by atoms with Crippen molar-refractivity contribution in [1.29, 1.82) is 0 Å². The lowest BCUT2D eigenvalue weighted by Gasteiger charge is -1.76. The second-order valence-electron chi connectivity index (χ2n) is 4.84. The van der Waals surface area contributed by atoms with Gasteiger partial charge in [0, 0.05) is 0 Å². The minimum absolute atomic E-state index is 0.306. The van der Waals surface area contributed by atoms with Crippen LogP contribution in [0, 0.1) is 0 Å². The first kappa shape index (κ1) is 20.4. The van der Waals surface area contributed by atoms with Crippen molar-refractivity contribution in [3.8, 4) is 0 Å². The van der Waals surface area contributed by atoms with Crippen molar-refractivity contribution in [2.75, 3.05) is 48.3 Å². The summed E-state index contributed by atoms with van der Waals surface area (Å²) in [5, 5.41) is 0. The summed E-state index contributed by atoms with van der Waals surface area (Å²) < 4.78 is 37.3. The lowest BCUT2D eigenvalue weighted by Crippen LogP contribution is -1.66. The smallest absolute Gasteiger partial charge is 0.172 e. The van der Waals surface area contributed by atoms with Crippen molar-refractivity contribution < 1.29 is 37.9 Å². The Hall–Kier alpha value is -2.64. The molecule has 4 aliphatic rings. The van der Waals surface area contributed by atoms with Crippen LogP contribution in [0.5, 0.6) is 0 Å². The normalized spacial score (nSPS) is 25.7. The number of hydrogen-bond donors (Lipinski definition) is 0. The zero-order chi connectivity index (χ0) is 18.5. The van der Waals surface area contributed by atoms with Gasteiger partial charge in [-0.15, -0.1) is 0 Å². The fourth-order valence-electron chi connectivity index (χ4n) is 1.13. The standard InChI is InChI=1S/C5H8O2.3C4H6O2/c1-4-5(7-4)3-6-2;3*1-5-2-4-3-6-4/h3-4H,1-2H3;3*2H,3H2,1H3. The molecule has 0 aromatic heterocycles. The molecule has 0 N–H and O–H groups in total. The summed E-state index contributed by atoms with van der Waals surface area (Å²) >= 11 is 0. The molecular weight excluding hydrogens is 332 g/mol. The maximum Gasteiger partial charge on any atom is 0.172 e. The van der Waals surface area contributed by atoms with Crippen LogP contribution in [0.2, 0.25) is 0 Å². The number of methoxy groups -OCH3 is 4. The quantitative estimate of drug-likeness (QED) is 0.559. The summed E-state index contributed by atoms with van der Waals surface area (Å²) in [6.45, 7) is 4.25. The van der Waals surface area contributed by atoms with Gasteiger partial charge in [0.05, 0.1) is 28.4 Å². The molecule has 0 amide bonds. The highest BCUT2D eigenvalue weighted by Gasteiger charge is 2.26. The first-order valence-corrected chi connectivity index (χ1v) is 7.58. The van der Waals surface area contributed by atoms with Gasteiger partial charge in [-0.2, -0.15) is 0 Å². The van der Waals surface area contributed by atoms with Gasteiger partial charge in [0.1, 0.15) is 44.9 Å². The number of rotatable bonds is 4. The Kier molecular flexibility index (Phi) is 9.65. The Bertz CT molecular complexity index is 436. The second-order valence-corrected chi connectivity index (χ2v) is 4.84. The molecule has 8 nitrogen and oxygen atoms in total. The predicted octanol–water partition coefficient (Wildman–Crippen LogP) is 2.41. The fraction of sp³-hybridized carbons (Fsp3) is 0.529. The third kappa shape index (κ3) is 13.5. The van der Waals surface area contributed by atoms with E-state index >= 15 is 0 Å². The first-order chi connectivity index (χ1) is 12.1. The molecule has 4 saturated heterocycles. The van der Waals surface area contributed by atoms with Crippen LogP contribution in [0.15, 0.2) is 48.1 Å². The molecule has 25 heavy (non-hydrogen) atoms. The maximum absolute atomic E-state index is 4.89. The number of hydrogen-bond acceptors (Lipinski definition) is 8. The molecule has 0 bridgehead atoms. The molecule has 0 aliphatic carbocycles. The fourth-order valence-corrected chi connectivity index (χ4v) is 1.13. The number of epoxide rings is 4. The highest BCUT2D eigenvalue weighted by Crippen LogP contribution is 2.25. The summed E-state index contributed by atoms with van der Waals surface area (Å²) in [7, 11) is 6.43.